The van der Waals surface area contributed by atoms with Crippen LogP contribution in [-0.2, 0) is 9.53 Å². The molecule has 3 heteroatoms. The van der Waals surface area contributed by atoms with Crippen LogP contribution in [0.4, 0.5) is 0 Å². The Balaban J connectivity index is 3.32. The third kappa shape index (κ3) is 17.4. The number of esters is 1. The molecule has 0 aromatic carbocycles. The highest BCUT2D eigenvalue weighted by molar-refractivity contribution is 14.1. The average Bonchev–Trinajstić information content (AvgIpc) is 2.64. The molecule has 0 aliphatic rings. The van der Waals surface area contributed by atoms with E-state index in [4.69, 9.17) is 4.74 Å². The van der Waals surface area contributed by atoms with Gasteiger partial charge < -0.3 is 4.74 Å². The first-order valence-corrected chi connectivity index (χ1v) is 12.7. The zero-order chi connectivity index (χ0) is 19.3. The van der Waals surface area contributed by atoms with Crippen LogP contribution in [0.2, 0.25) is 0 Å². The Labute approximate surface area is 177 Å². The molecular weight excluding hydrogens is 435 g/mol. The molecule has 0 radical (unpaired) electrons. The van der Waals surface area contributed by atoms with E-state index in [9.17, 15) is 4.79 Å². The fourth-order valence-corrected chi connectivity index (χ4v) is 3.83. The van der Waals surface area contributed by atoms with Crippen LogP contribution in [0.5, 0.6) is 0 Å². The molecule has 0 atom stereocenters. The summed E-state index contributed by atoms with van der Waals surface area (Å²) in [5, 5.41) is 0. The molecule has 0 amide bonds. The van der Waals surface area contributed by atoms with Gasteiger partial charge in [-0.3, -0.25) is 0 Å². The molecule has 0 aromatic rings. The van der Waals surface area contributed by atoms with Crippen LogP contribution >= 0.6 is 22.6 Å². The van der Waals surface area contributed by atoms with E-state index in [1.807, 2.05) is 6.92 Å². The third-order valence-electron chi connectivity index (χ3n) is 4.88. The summed E-state index contributed by atoms with van der Waals surface area (Å²) in [5.74, 6) is -0.136. The van der Waals surface area contributed by atoms with Crippen molar-refractivity contribution in [3.8, 4) is 0 Å². The summed E-state index contributed by atoms with van der Waals surface area (Å²) in [7, 11) is 0. The van der Waals surface area contributed by atoms with Gasteiger partial charge in [-0.05, 0) is 19.8 Å². The number of hydrogen-bond donors (Lipinski definition) is 0. The first-order valence-electron chi connectivity index (χ1n) is 11.2. The van der Waals surface area contributed by atoms with E-state index in [0.29, 0.717) is 6.61 Å². The van der Waals surface area contributed by atoms with Gasteiger partial charge in [0.15, 0.2) is 0 Å². The van der Waals surface area contributed by atoms with E-state index in [1.54, 1.807) is 0 Å². The first-order chi connectivity index (χ1) is 12.8. The Hall–Kier alpha value is -0.0600. The predicted octanol–water partition coefficient (Wildman–Crippen LogP) is 8.17. The standard InChI is InChI=1S/C23H43IO2/c1-3-5-6-7-8-9-10-11-12-13-14-15-16-17-18-19-20-22(21-24)23(25)26-4-2/h20H,3-19,21H2,1-2H3/b22-20+. The van der Waals surface area contributed by atoms with Crippen molar-refractivity contribution in [1.29, 1.82) is 0 Å². The molecule has 0 heterocycles. The van der Waals surface area contributed by atoms with Gasteiger partial charge in [0, 0.05) is 10.0 Å². The number of carbonyl (C=O) groups excluding carboxylic acids is 1. The van der Waals surface area contributed by atoms with Gasteiger partial charge in [0.2, 0.25) is 0 Å². The van der Waals surface area contributed by atoms with Gasteiger partial charge in [-0.1, -0.05) is 125 Å². The Morgan fingerprint density at radius 3 is 1.54 bits per heavy atom. The highest BCUT2D eigenvalue weighted by atomic mass is 127. The summed E-state index contributed by atoms with van der Waals surface area (Å²) in [6, 6.07) is 0. The molecular formula is C23H43IO2. The zero-order valence-corrected chi connectivity index (χ0v) is 19.7. The van der Waals surface area contributed by atoms with Gasteiger partial charge in [-0.25, -0.2) is 4.79 Å². The summed E-state index contributed by atoms with van der Waals surface area (Å²) in [6.45, 7) is 4.61. The molecule has 2 nitrogen and oxygen atoms in total. The Morgan fingerprint density at radius 1 is 0.731 bits per heavy atom. The lowest BCUT2D eigenvalue weighted by atomic mass is 10.0. The Bertz CT molecular complexity index is 339. The fourth-order valence-electron chi connectivity index (χ4n) is 3.21. The van der Waals surface area contributed by atoms with Crippen molar-refractivity contribution in [3.63, 3.8) is 0 Å². The van der Waals surface area contributed by atoms with Crippen LogP contribution in [0, 0.1) is 0 Å². The van der Waals surface area contributed by atoms with Crippen LogP contribution in [0.25, 0.3) is 0 Å². The average molecular weight is 478 g/mol. The number of halogens is 1. The predicted molar refractivity (Wildman–Crippen MR) is 123 cm³/mol. The molecule has 0 rings (SSSR count). The Kier molecular flexibility index (Phi) is 21.2. The van der Waals surface area contributed by atoms with Crippen molar-refractivity contribution in [2.24, 2.45) is 0 Å². The number of hydrogen-bond acceptors (Lipinski definition) is 2. The minimum atomic E-state index is -0.136. The largest absolute Gasteiger partial charge is 0.463 e. The maximum Gasteiger partial charge on any atom is 0.334 e. The van der Waals surface area contributed by atoms with Gasteiger partial charge >= 0.3 is 5.97 Å². The van der Waals surface area contributed by atoms with Gasteiger partial charge in [-0.15, -0.1) is 0 Å². The molecule has 0 spiro atoms. The minimum absolute atomic E-state index is 0.136. The van der Waals surface area contributed by atoms with E-state index >= 15 is 0 Å². The lowest BCUT2D eigenvalue weighted by Gasteiger charge is -2.04. The number of ether oxygens (including phenoxy) is 1. The molecule has 0 saturated heterocycles. The molecule has 0 saturated carbocycles. The maximum atomic E-state index is 11.7. The quantitative estimate of drug-likeness (QED) is 0.0615. The van der Waals surface area contributed by atoms with E-state index in [1.165, 1.54) is 96.3 Å². The number of carbonyl (C=O) groups is 1. The van der Waals surface area contributed by atoms with Crippen LogP contribution in [0.1, 0.15) is 117 Å². The molecule has 0 aromatic heterocycles. The normalized spacial score (nSPS) is 11.7. The van der Waals surface area contributed by atoms with Gasteiger partial charge in [-0.2, -0.15) is 0 Å². The fraction of sp³-hybridized carbons (Fsp3) is 0.870. The molecule has 0 N–H and O–H groups in total. The first kappa shape index (κ1) is 25.9. The smallest absolute Gasteiger partial charge is 0.334 e. The van der Waals surface area contributed by atoms with Crippen molar-refractivity contribution in [3.05, 3.63) is 11.6 Å². The molecule has 0 bridgehead atoms. The second-order valence-corrected chi connectivity index (χ2v) is 8.08. The third-order valence-corrected chi connectivity index (χ3v) is 5.70. The SMILES string of the molecule is CCCCCCCCCCCCCCCCC/C=C(\CI)C(=O)OCC. The lowest BCUT2D eigenvalue weighted by Crippen LogP contribution is -2.08. The van der Waals surface area contributed by atoms with Crippen LogP contribution < -0.4 is 0 Å². The van der Waals surface area contributed by atoms with E-state index in [-0.39, 0.29) is 5.97 Å². The lowest BCUT2D eigenvalue weighted by molar-refractivity contribution is -0.138. The van der Waals surface area contributed by atoms with Crippen molar-refractivity contribution in [2.75, 3.05) is 11.0 Å². The number of allylic oxidation sites excluding steroid dienone is 1. The van der Waals surface area contributed by atoms with Crippen LogP contribution in [0.15, 0.2) is 11.6 Å². The molecule has 0 unspecified atom stereocenters. The number of rotatable bonds is 19. The Morgan fingerprint density at radius 2 is 1.15 bits per heavy atom. The maximum absolute atomic E-state index is 11.7. The summed E-state index contributed by atoms with van der Waals surface area (Å²) in [4.78, 5) is 11.7. The summed E-state index contributed by atoms with van der Waals surface area (Å²) >= 11 is 2.24. The zero-order valence-electron chi connectivity index (χ0n) is 17.5. The minimum Gasteiger partial charge on any atom is -0.463 e. The summed E-state index contributed by atoms with van der Waals surface area (Å²) in [5.41, 5.74) is 0.831. The van der Waals surface area contributed by atoms with Gasteiger partial charge in [0.05, 0.1) is 6.61 Å². The van der Waals surface area contributed by atoms with Crippen molar-refractivity contribution < 1.29 is 9.53 Å². The number of alkyl halides is 1. The number of unbranched alkanes of at least 4 members (excludes halogenated alkanes) is 15. The van der Waals surface area contributed by atoms with Crippen LogP contribution in [-0.4, -0.2) is 17.0 Å². The monoisotopic (exact) mass is 478 g/mol. The molecule has 154 valence electrons. The van der Waals surface area contributed by atoms with E-state index in [0.717, 1.165) is 16.4 Å². The second kappa shape index (κ2) is 21.2. The molecule has 0 aliphatic heterocycles. The second-order valence-electron chi connectivity index (χ2n) is 7.32. The topological polar surface area (TPSA) is 26.3 Å². The van der Waals surface area contributed by atoms with Crippen molar-refractivity contribution >= 4 is 28.6 Å². The van der Waals surface area contributed by atoms with Crippen LogP contribution in [0.3, 0.4) is 0 Å². The molecule has 0 fully saturated rings. The summed E-state index contributed by atoms with van der Waals surface area (Å²) < 4.78 is 5.81. The highest BCUT2D eigenvalue weighted by Crippen LogP contribution is 2.14. The molecule has 0 aliphatic carbocycles. The van der Waals surface area contributed by atoms with Crippen molar-refractivity contribution in [1.82, 2.24) is 0 Å². The van der Waals surface area contributed by atoms with Crippen molar-refractivity contribution in [2.45, 2.75) is 117 Å². The molecule has 26 heavy (non-hydrogen) atoms. The summed E-state index contributed by atoms with van der Waals surface area (Å²) in [6.07, 6.45) is 23.9. The van der Waals surface area contributed by atoms with Gasteiger partial charge in [0.25, 0.3) is 0 Å². The van der Waals surface area contributed by atoms with E-state index in [2.05, 4.69) is 35.6 Å². The van der Waals surface area contributed by atoms with Gasteiger partial charge in [0.1, 0.15) is 0 Å². The van der Waals surface area contributed by atoms with E-state index < -0.39 is 0 Å². The highest BCUT2D eigenvalue weighted by Gasteiger charge is 2.07.